The first-order chi connectivity index (χ1) is 14.6. The van der Waals surface area contributed by atoms with Crippen molar-refractivity contribution >= 4 is 11.9 Å². The van der Waals surface area contributed by atoms with Gasteiger partial charge in [0.25, 0.3) is 5.91 Å². The Bertz CT molecular complexity index is 1120. The van der Waals surface area contributed by atoms with Crippen molar-refractivity contribution in [3.8, 4) is 11.3 Å². The Kier molecular flexibility index (Phi) is 4.61. The molecule has 1 aliphatic carbocycles. The predicted octanol–water partition coefficient (Wildman–Crippen LogP) is 2.43. The Labute approximate surface area is 173 Å². The van der Waals surface area contributed by atoms with Gasteiger partial charge in [-0.1, -0.05) is 6.07 Å². The van der Waals surface area contributed by atoms with Crippen LogP contribution in [0.1, 0.15) is 46.0 Å². The fourth-order valence-corrected chi connectivity index (χ4v) is 4.13. The van der Waals surface area contributed by atoms with Crippen molar-refractivity contribution < 1.29 is 18.7 Å². The third-order valence-corrected chi connectivity index (χ3v) is 5.63. The number of cyclic esters (lactones) is 1. The van der Waals surface area contributed by atoms with Gasteiger partial charge in [0.15, 0.2) is 5.76 Å². The van der Waals surface area contributed by atoms with E-state index >= 15 is 0 Å². The molecule has 0 bridgehead atoms. The van der Waals surface area contributed by atoms with Gasteiger partial charge >= 0.3 is 5.97 Å². The molecule has 1 fully saturated rings. The summed E-state index contributed by atoms with van der Waals surface area (Å²) in [7, 11) is 0. The number of pyridine rings is 1. The second-order valence-electron chi connectivity index (χ2n) is 7.74. The Morgan fingerprint density at radius 1 is 1.30 bits per heavy atom. The van der Waals surface area contributed by atoms with E-state index in [-0.39, 0.29) is 18.0 Å². The number of aromatic nitrogens is 3. The summed E-state index contributed by atoms with van der Waals surface area (Å²) in [5.41, 5.74) is 4.65. The molecule has 1 atom stereocenters. The van der Waals surface area contributed by atoms with Crippen LogP contribution < -0.4 is 5.32 Å². The van der Waals surface area contributed by atoms with Gasteiger partial charge in [0.1, 0.15) is 11.9 Å². The van der Waals surface area contributed by atoms with Gasteiger partial charge in [-0.2, -0.15) is 5.10 Å². The van der Waals surface area contributed by atoms with Crippen LogP contribution in [0.5, 0.6) is 0 Å². The van der Waals surface area contributed by atoms with Crippen molar-refractivity contribution in [3.05, 3.63) is 58.9 Å². The molecule has 8 heteroatoms. The van der Waals surface area contributed by atoms with Crippen molar-refractivity contribution in [1.82, 2.24) is 20.1 Å². The number of amides is 1. The number of esters is 1. The Morgan fingerprint density at radius 3 is 2.97 bits per heavy atom. The number of carbonyl (C=O) groups excluding carboxylic acids is 2. The van der Waals surface area contributed by atoms with Gasteiger partial charge in [0.2, 0.25) is 0 Å². The fraction of sp³-hybridized carbons (Fsp3) is 0.364. The van der Waals surface area contributed by atoms with Gasteiger partial charge in [-0.15, -0.1) is 0 Å². The molecule has 1 aliphatic heterocycles. The molecule has 30 heavy (non-hydrogen) atoms. The summed E-state index contributed by atoms with van der Waals surface area (Å²) in [4.78, 5) is 28.3. The standard InChI is InChI=1S/C22H22N4O4/c1-13-19-17(30-21(13)22(28)24-10-16-6-8-18(27)29-16)7-5-14-11-26(25-20(14)19)12-15-4-2-3-9-23-15/h2-4,9,11,16H,5-8,10,12H2,1H3,(H,24,28). The van der Waals surface area contributed by atoms with Crippen LogP contribution in [0.15, 0.2) is 35.0 Å². The van der Waals surface area contributed by atoms with Gasteiger partial charge in [0.05, 0.1) is 24.5 Å². The molecule has 1 unspecified atom stereocenters. The van der Waals surface area contributed by atoms with Crippen LogP contribution in [0, 0.1) is 6.92 Å². The Morgan fingerprint density at radius 2 is 2.20 bits per heavy atom. The van der Waals surface area contributed by atoms with Crippen LogP contribution in [0.25, 0.3) is 11.3 Å². The fourth-order valence-electron chi connectivity index (χ4n) is 4.13. The largest absolute Gasteiger partial charge is 0.460 e. The van der Waals surface area contributed by atoms with Gasteiger partial charge in [-0.05, 0) is 37.5 Å². The van der Waals surface area contributed by atoms with E-state index in [2.05, 4.69) is 10.3 Å². The average molecular weight is 406 g/mol. The smallest absolute Gasteiger partial charge is 0.306 e. The van der Waals surface area contributed by atoms with Crippen molar-refractivity contribution in [2.75, 3.05) is 6.54 Å². The number of furan rings is 1. The second kappa shape index (κ2) is 7.44. The highest BCUT2D eigenvalue weighted by Crippen LogP contribution is 2.38. The lowest BCUT2D eigenvalue weighted by Gasteiger charge is -2.09. The van der Waals surface area contributed by atoms with Crippen LogP contribution in [0.3, 0.4) is 0 Å². The molecule has 2 aliphatic rings. The normalized spacial score (nSPS) is 17.4. The molecule has 5 rings (SSSR count). The molecule has 1 amide bonds. The molecule has 8 nitrogen and oxygen atoms in total. The van der Waals surface area contributed by atoms with Crippen molar-refractivity contribution in [3.63, 3.8) is 0 Å². The average Bonchev–Trinajstić information content (AvgIpc) is 3.43. The zero-order chi connectivity index (χ0) is 20.7. The van der Waals surface area contributed by atoms with E-state index in [9.17, 15) is 9.59 Å². The lowest BCUT2D eigenvalue weighted by molar-refractivity contribution is -0.141. The van der Waals surface area contributed by atoms with Gasteiger partial charge in [0, 0.05) is 36.4 Å². The van der Waals surface area contributed by atoms with Crippen LogP contribution in [0.4, 0.5) is 0 Å². The summed E-state index contributed by atoms with van der Waals surface area (Å²) in [6.45, 7) is 2.77. The molecule has 154 valence electrons. The molecule has 3 aromatic rings. The highest BCUT2D eigenvalue weighted by atomic mass is 16.5. The maximum absolute atomic E-state index is 12.7. The van der Waals surface area contributed by atoms with E-state index in [4.69, 9.17) is 14.3 Å². The minimum atomic E-state index is -0.292. The van der Waals surface area contributed by atoms with E-state index in [1.807, 2.05) is 36.0 Å². The van der Waals surface area contributed by atoms with E-state index in [0.717, 1.165) is 46.7 Å². The summed E-state index contributed by atoms with van der Waals surface area (Å²) in [6, 6.07) is 5.82. The molecular formula is C22H22N4O4. The van der Waals surface area contributed by atoms with Gasteiger partial charge in [-0.3, -0.25) is 19.3 Å². The van der Waals surface area contributed by atoms with E-state index in [0.29, 0.717) is 31.7 Å². The number of carbonyl (C=O) groups is 2. The van der Waals surface area contributed by atoms with Crippen LogP contribution >= 0.6 is 0 Å². The van der Waals surface area contributed by atoms with E-state index < -0.39 is 0 Å². The molecule has 0 spiro atoms. The lowest BCUT2D eigenvalue weighted by atomic mass is 9.93. The highest BCUT2D eigenvalue weighted by molar-refractivity contribution is 5.95. The van der Waals surface area contributed by atoms with Crippen LogP contribution in [-0.4, -0.2) is 39.3 Å². The minimum absolute atomic E-state index is 0.215. The number of hydrogen-bond acceptors (Lipinski definition) is 6. The van der Waals surface area contributed by atoms with Crippen molar-refractivity contribution in [1.29, 1.82) is 0 Å². The molecule has 0 saturated carbocycles. The monoisotopic (exact) mass is 406 g/mol. The topological polar surface area (TPSA) is 99.3 Å². The van der Waals surface area contributed by atoms with Crippen molar-refractivity contribution in [2.45, 2.75) is 45.3 Å². The molecular weight excluding hydrogens is 384 g/mol. The zero-order valence-electron chi connectivity index (χ0n) is 16.7. The summed E-state index contributed by atoms with van der Waals surface area (Å²) in [5.74, 6) is 0.587. The molecule has 1 saturated heterocycles. The Hall–Kier alpha value is -3.42. The van der Waals surface area contributed by atoms with Crippen molar-refractivity contribution in [2.24, 2.45) is 0 Å². The van der Waals surface area contributed by atoms with Gasteiger partial charge in [-0.25, -0.2) is 0 Å². The zero-order valence-corrected chi connectivity index (χ0v) is 16.7. The number of nitrogens with one attached hydrogen (secondary N) is 1. The second-order valence-corrected chi connectivity index (χ2v) is 7.74. The van der Waals surface area contributed by atoms with Gasteiger partial charge < -0.3 is 14.5 Å². The summed E-state index contributed by atoms with van der Waals surface area (Å²) < 4.78 is 13.0. The Balaban J connectivity index is 1.37. The first kappa shape index (κ1) is 18.6. The quantitative estimate of drug-likeness (QED) is 0.654. The summed E-state index contributed by atoms with van der Waals surface area (Å²) in [6.07, 6.45) is 6.13. The number of hydrogen-bond donors (Lipinski definition) is 1. The third-order valence-electron chi connectivity index (χ3n) is 5.63. The molecule has 3 aromatic heterocycles. The summed E-state index contributed by atoms with van der Waals surface area (Å²) >= 11 is 0. The maximum Gasteiger partial charge on any atom is 0.306 e. The number of fused-ring (bicyclic) bond motifs is 3. The number of aryl methyl sites for hydroxylation is 2. The van der Waals surface area contributed by atoms with Crippen LogP contribution in [0.2, 0.25) is 0 Å². The lowest BCUT2D eigenvalue weighted by Crippen LogP contribution is -2.32. The van der Waals surface area contributed by atoms with Crippen LogP contribution in [-0.2, 0) is 28.9 Å². The first-order valence-corrected chi connectivity index (χ1v) is 10.1. The highest BCUT2D eigenvalue weighted by Gasteiger charge is 2.30. The molecule has 0 aromatic carbocycles. The minimum Gasteiger partial charge on any atom is -0.460 e. The molecule has 1 N–H and O–H groups in total. The first-order valence-electron chi connectivity index (χ1n) is 10.1. The predicted molar refractivity (Wildman–Crippen MR) is 107 cm³/mol. The number of rotatable bonds is 5. The molecule has 0 radical (unpaired) electrons. The van der Waals surface area contributed by atoms with E-state index in [1.165, 1.54) is 0 Å². The third kappa shape index (κ3) is 3.38. The number of nitrogens with zero attached hydrogens (tertiary/aromatic N) is 3. The van der Waals surface area contributed by atoms with E-state index in [1.54, 1.807) is 6.20 Å². The summed E-state index contributed by atoms with van der Waals surface area (Å²) in [5, 5.41) is 7.60. The number of ether oxygens (including phenoxy) is 1. The maximum atomic E-state index is 12.7. The SMILES string of the molecule is Cc1c(C(=O)NCC2CCC(=O)O2)oc2c1-c1nn(Cc3ccccn3)cc1CC2. The molecule has 4 heterocycles.